The van der Waals surface area contributed by atoms with E-state index in [0.29, 0.717) is 16.3 Å². The second-order valence-corrected chi connectivity index (χ2v) is 4.32. The number of hydrogen-bond acceptors (Lipinski definition) is 3. The van der Waals surface area contributed by atoms with Gasteiger partial charge in [-0.25, -0.2) is 0 Å². The Bertz CT molecular complexity index is 560. The molecule has 1 aromatic carbocycles. The molecule has 0 radical (unpaired) electrons. The molecule has 0 saturated carbocycles. The zero-order chi connectivity index (χ0) is 13.7. The third-order valence-electron chi connectivity index (χ3n) is 2.65. The van der Waals surface area contributed by atoms with Crippen LogP contribution in [0, 0.1) is 0 Å². The van der Waals surface area contributed by atoms with Crippen molar-refractivity contribution in [2.75, 3.05) is 6.61 Å². The molecule has 1 N–H and O–H groups in total. The van der Waals surface area contributed by atoms with Crippen molar-refractivity contribution in [3.05, 3.63) is 59.4 Å². The number of carbonyl (C=O) groups is 1. The zero-order valence-electron chi connectivity index (χ0n) is 9.99. The predicted octanol–water partition coefficient (Wildman–Crippen LogP) is 2.98. The number of nitrogens with zero attached hydrogens (tertiary/aromatic N) is 1. The first-order valence-electron chi connectivity index (χ1n) is 5.68. The Hall–Kier alpha value is -2.07. The summed E-state index contributed by atoms with van der Waals surface area (Å²) in [5, 5.41) is 9.70. The smallest absolute Gasteiger partial charge is 0.314 e. The molecule has 19 heavy (non-hydrogen) atoms. The van der Waals surface area contributed by atoms with Crippen LogP contribution in [0.3, 0.4) is 0 Å². The van der Waals surface area contributed by atoms with Gasteiger partial charge in [0.25, 0.3) is 0 Å². The fourth-order valence-corrected chi connectivity index (χ4v) is 1.83. The highest BCUT2D eigenvalue weighted by atomic mass is 35.5. The van der Waals surface area contributed by atoms with Gasteiger partial charge in [-0.15, -0.1) is 0 Å². The Labute approximate surface area is 115 Å². The van der Waals surface area contributed by atoms with Crippen LogP contribution in [0.5, 0.6) is 5.75 Å². The standard InChI is InChI=1S/C14H12ClNO3/c15-12-3-1-2-4-13(12)19-9-11(14(17)18)10-5-7-16-8-6-10/h1-8,11H,9H2,(H,17,18). The zero-order valence-corrected chi connectivity index (χ0v) is 10.7. The maximum atomic E-state index is 11.3. The Balaban J connectivity index is 2.11. The van der Waals surface area contributed by atoms with Crippen LogP contribution in [0.1, 0.15) is 11.5 Å². The van der Waals surface area contributed by atoms with Gasteiger partial charge in [-0.2, -0.15) is 0 Å². The van der Waals surface area contributed by atoms with Crippen LogP contribution in [0.4, 0.5) is 0 Å². The number of para-hydroxylation sites is 1. The average molecular weight is 278 g/mol. The van der Waals surface area contributed by atoms with Crippen molar-refractivity contribution in [1.29, 1.82) is 0 Å². The molecule has 4 nitrogen and oxygen atoms in total. The minimum atomic E-state index is -0.946. The summed E-state index contributed by atoms with van der Waals surface area (Å²) in [6.45, 7) is 0.0169. The molecule has 0 bridgehead atoms. The van der Waals surface area contributed by atoms with Crippen molar-refractivity contribution in [2.45, 2.75) is 5.92 Å². The van der Waals surface area contributed by atoms with Crippen molar-refractivity contribution in [2.24, 2.45) is 0 Å². The van der Waals surface area contributed by atoms with Gasteiger partial charge in [-0.05, 0) is 29.8 Å². The number of ether oxygens (including phenoxy) is 1. The number of halogens is 1. The maximum Gasteiger partial charge on any atom is 0.314 e. The lowest BCUT2D eigenvalue weighted by atomic mass is 10.0. The normalized spacial score (nSPS) is 11.8. The molecule has 0 aliphatic rings. The van der Waals surface area contributed by atoms with Crippen molar-refractivity contribution in [3.63, 3.8) is 0 Å². The van der Waals surface area contributed by atoms with E-state index >= 15 is 0 Å². The van der Waals surface area contributed by atoms with E-state index in [0.717, 1.165) is 0 Å². The first kappa shape index (κ1) is 13.4. The van der Waals surface area contributed by atoms with Gasteiger partial charge in [-0.1, -0.05) is 23.7 Å². The van der Waals surface area contributed by atoms with Gasteiger partial charge < -0.3 is 9.84 Å². The van der Waals surface area contributed by atoms with E-state index in [1.165, 1.54) is 0 Å². The minimum absolute atomic E-state index is 0.0169. The lowest BCUT2D eigenvalue weighted by Crippen LogP contribution is -2.19. The Morgan fingerprint density at radius 1 is 1.26 bits per heavy atom. The number of carboxylic acids is 1. The van der Waals surface area contributed by atoms with E-state index in [-0.39, 0.29) is 6.61 Å². The first-order chi connectivity index (χ1) is 9.18. The lowest BCUT2D eigenvalue weighted by Gasteiger charge is -2.14. The highest BCUT2D eigenvalue weighted by Gasteiger charge is 2.21. The molecule has 1 atom stereocenters. The molecule has 5 heteroatoms. The van der Waals surface area contributed by atoms with Crippen molar-refractivity contribution in [1.82, 2.24) is 4.98 Å². The molecule has 1 unspecified atom stereocenters. The number of rotatable bonds is 5. The van der Waals surface area contributed by atoms with Crippen molar-refractivity contribution in [3.8, 4) is 5.75 Å². The minimum Gasteiger partial charge on any atom is -0.491 e. The quantitative estimate of drug-likeness (QED) is 0.913. The van der Waals surface area contributed by atoms with Crippen molar-refractivity contribution < 1.29 is 14.6 Å². The summed E-state index contributed by atoms with van der Waals surface area (Å²) in [7, 11) is 0. The lowest BCUT2D eigenvalue weighted by molar-refractivity contribution is -0.139. The maximum absolute atomic E-state index is 11.3. The number of aromatic nitrogens is 1. The summed E-state index contributed by atoms with van der Waals surface area (Å²) in [6.07, 6.45) is 3.11. The molecule has 0 aliphatic heterocycles. The van der Waals surface area contributed by atoms with E-state index in [9.17, 15) is 9.90 Å². The molecule has 2 rings (SSSR count). The van der Waals surface area contributed by atoms with E-state index in [4.69, 9.17) is 16.3 Å². The molecule has 1 heterocycles. The Kier molecular flexibility index (Phi) is 4.36. The number of aliphatic carboxylic acids is 1. The highest BCUT2D eigenvalue weighted by Crippen LogP contribution is 2.25. The molecule has 0 spiro atoms. The summed E-state index contributed by atoms with van der Waals surface area (Å²) in [4.78, 5) is 15.1. The van der Waals surface area contributed by atoms with Crippen LogP contribution in [-0.2, 0) is 4.79 Å². The molecule has 0 aliphatic carbocycles. The van der Waals surface area contributed by atoms with Crippen LogP contribution < -0.4 is 4.74 Å². The summed E-state index contributed by atoms with van der Waals surface area (Å²) in [6, 6.07) is 10.3. The van der Waals surface area contributed by atoms with Crippen LogP contribution in [0.15, 0.2) is 48.8 Å². The van der Waals surface area contributed by atoms with Crippen LogP contribution in [-0.4, -0.2) is 22.7 Å². The highest BCUT2D eigenvalue weighted by molar-refractivity contribution is 6.32. The van der Waals surface area contributed by atoms with E-state index in [1.807, 2.05) is 0 Å². The molecule has 0 saturated heterocycles. The number of hydrogen-bond donors (Lipinski definition) is 1. The van der Waals surface area contributed by atoms with E-state index in [2.05, 4.69) is 4.98 Å². The number of carboxylic acid groups (broad SMARTS) is 1. The third-order valence-corrected chi connectivity index (χ3v) is 2.96. The fraction of sp³-hybridized carbons (Fsp3) is 0.143. The largest absolute Gasteiger partial charge is 0.491 e. The van der Waals surface area contributed by atoms with E-state index < -0.39 is 11.9 Å². The number of pyridine rings is 1. The fourth-order valence-electron chi connectivity index (χ4n) is 1.64. The monoisotopic (exact) mass is 277 g/mol. The second-order valence-electron chi connectivity index (χ2n) is 3.91. The average Bonchev–Trinajstić information content (AvgIpc) is 2.42. The van der Waals surface area contributed by atoms with Gasteiger partial charge in [0.2, 0.25) is 0 Å². The molecular weight excluding hydrogens is 266 g/mol. The summed E-state index contributed by atoms with van der Waals surface area (Å²) >= 11 is 5.95. The van der Waals surface area contributed by atoms with Gasteiger partial charge in [-0.3, -0.25) is 9.78 Å². The molecular formula is C14H12ClNO3. The van der Waals surface area contributed by atoms with Gasteiger partial charge in [0.1, 0.15) is 18.3 Å². The first-order valence-corrected chi connectivity index (χ1v) is 6.06. The Morgan fingerprint density at radius 2 is 1.95 bits per heavy atom. The molecule has 0 fully saturated rings. The van der Waals surface area contributed by atoms with Gasteiger partial charge in [0.05, 0.1) is 5.02 Å². The second kappa shape index (κ2) is 6.20. The number of benzene rings is 1. The molecule has 98 valence electrons. The topological polar surface area (TPSA) is 59.4 Å². The Morgan fingerprint density at radius 3 is 2.58 bits per heavy atom. The van der Waals surface area contributed by atoms with Gasteiger partial charge in [0.15, 0.2) is 0 Å². The third kappa shape index (κ3) is 3.45. The van der Waals surface area contributed by atoms with Gasteiger partial charge in [0, 0.05) is 12.4 Å². The summed E-state index contributed by atoms with van der Waals surface area (Å²) in [5.41, 5.74) is 0.648. The predicted molar refractivity (Wildman–Crippen MR) is 71.6 cm³/mol. The SMILES string of the molecule is O=C(O)C(COc1ccccc1Cl)c1ccncc1. The van der Waals surface area contributed by atoms with Crippen molar-refractivity contribution >= 4 is 17.6 Å². The summed E-state index contributed by atoms with van der Waals surface area (Å²) in [5.74, 6) is -1.22. The molecule has 0 amide bonds. The summed E-state index contributed by atoms with van der Waals surface area (Å²) < 4.78 is 5.48. The molecule has 2 aromatic rings. The van der Waals surface area contributed by atoms with Crippen LogP contribution >= 0.6 is 11.6 Å². The van der Waals surface area contributed by atoms with Crippen LogP contribution in [0.2, 0.25) is 5.02 Å². The van der Waals surface area contributed by atoms with Gasteiger partial charge >= 0.3 is 5.97 Å². The van der Waals surface area contributed by atoms with Crippen LogP contribution in [0.25, 0.3) is 0 Å². The van der Waals surface area contributed by atoms with E-state index in [1.54, 1.807) is 48.8 Å². The molecule has 1 aromatic heterocycles.